The maximum atomic E-state index is 5.17. The second-order valence-corrected chi connectivity index (χ2v) is 2.81. The van der Waals surface area contributed by atoms with Crippen molar-refractivity contribution in [2.24, 2.45) is 0 Å². The third kappa shape index (κ3) is 1.60. The summed E-state index contributed by atoms with van der Waals surface area (Å²) in [5, 5.41) is 0. The van der Waals surface area contributed by atoms with Crippen LogP contribution in [0.3, 0.4) is 0 Å². The van der Waals surface area contributed by atoms with Gasteiger partial charge in [0.15, 0.2) is 12.2 Å². The van der Waals surface area contributed by atoms with E-state index < -0.39 is 0 Å². The number of rotatable bonds is 2. The zero-order valence-corrected chi connectivity index (χ0v) is 7.23. The first kappa shape index (κ1) is 8.01. The van der Waals surface area contributed by atoms with Gasteiger partial charge in [-0.3, -0.25) is 0 Å². The van der Waals surface area contributed by atoms with E-state index in [2.05, 4.69) is 10.7 Å². The molecule has 0 unspecified atom stereocenters. The molecule has 2 rings (SSSR count). The lowest BCUT2D eigenvalue weighted by Gasteiger charge is -1.96. The van der Waals surface area contributed by atoms with Crippen LogP contribution in [0, 0.1) is 0 Å². The fourth-order valence-electron chi connectivity index (χ4n) is 1.19. The minimum atomic E-state index is 0.801. The summed E-state index contributed by atoms with van der Waals surface area (Å²) < 4.78 is 5.17. The molecule has 0 aliphatic heterocycles. The van der Waals surface area contributed by atoms with Gasteiger partial charge in [0.2, 0.25) is 0 Å². The highest BCUT2D eigenvalue weighted by Gasteiger charge is 2.00. The fourth-order valence-corrected chi connectivity index (χ4v) is 1.19. The molecule has 0 saturated heterocycles. The van der Waals surface area contributed by atoms with Crippen LogP contribution < -0.4 is 5.73 Å². The average molecular weight is 175 g/mol. The number of aromatic nitrogens is 1. The number of quaternary nitrogens is 1. The van der Waals surface area contributed by atoms with Crippen LogP contribution in [0.25, 0.3) is 11.3 Å². The van der Waals surface area contributed by atoms with Gasteiger partial charge in [-0.2, -0.15) is 0 Å². The van der Waals surface area contributed by atoms with Gasteiger partial charge in [-0.25, -0.2) is 4.98 Å². The predicted octanol–water partition coefficient (Wildman–Crippen LogP) is 1.08. The SMILES string of the molecule is [NH3+]Cc1ccc(-c2cnco2)cc1. The lowest BCUT2D eigenvalue weighted by molar-refractivity contribution is -0.386. The van der Waals surface area contributed by atoms with Crippen LogP contribution in [0.1, 0.15) is 5.56 Å². The molecule has 0 saturated carbocycles. The molecule has 1 aromatic carbocycles. The Morgan fingerprint density at radius 2 is 2.00 bits per heavy atom. The molecule has 2 aromatic rings. The molecule has 0 bridgehead atoms. The van der Waals surface area contributed by atoms with Crippen molar-refractivity contribution >= 4 is 0 Å². The van der Waals surface area contributed by atoms with Gasteiger partial charge in [0, 0.05) is 11.1 Å². The molecular weight excluding hydrogens is 164 g/mol. The first-order valence-corrected chi connectivity index (χ1v) is 4.17. The molecule has 66 valence electrons. The molecule has 0 amide bonds. The minimum absolute atomic E-state index is 0.801. The molecule has 1 heterocycles. The van der Waals surface area contributed by atoms with Crippen molar-refractivity contribution in [3.05, 3.63) is 42.4 Å². The van der Waals surface area contributed by atoms with Gasteiger partial charge in [0.05, 0.1) is 12.7 Å². The van der Waals surface area contributed by atoms with E-state index in [-0.39, 0.29) is 0 Å². The first-order chi connectivity index (χ1) is 6.40. The zero-order valence-electron chi connectivity index (χ0n) is 7.23. The van der Waals surface area contributed by atoms with Crippen LogP contribution >= 0.6 is 0 Å². The van der Waals surface area contributed by atoms with E-state index in [1.807, 2.05) is 24.3 Å². The van der Waals surface area contributed by atoms with E-state index in [9.17, 15) is 0 Å². The highest BCUT2D eigenvalue weighted by atomic mass is 16.3. The molecule has 0 spiro atoms. The first-order valence-electron chi connectivity index (χ1n) is 4.17. The van der Waals surface area contributed by atoms with E-state index in [0.29, 0.717) is 0 Å². The number of hydrogen-bond acceptors (Lipinski definition) is 2. The average Bonchev–Trinajstić information content (AvgIpc) is 2.71. The van der Waals surface area contributed by atoms with Gasteiger partial charge in [0.1, 0.15) is 0 Å². The number of hydrogen-bond donors (Lipinski definition) is 1. The summed E-state index contributed by atoms with van der Waals surface area (Å²) in [6.07, 6.45) is 3.14. The van der Waals surface area contributed by atoms with Gasteiger partial charge in [-0.05, 0) is 0 Å². The molecular formula is C10H11N2O+. The number of benzene rings is 1. The quantitative estimate of drug-likeness (QED) is 0.742. The molecule has 0 fully saturated rings. The van der Waals surface area contributed by atoms with Gasteiger partial charge < -0.3 is 10.2 Å². The van der Waals surface area contributed by atoms with Crippen LogP contribution in [0.2, 0.25) is 0 Å². The van der Waals surface area contributed by atoms with Crippen LogP contribution in [-0.2, 0) is 6.54 Å². The van der Waals surface area contributed by atoms with Crippen LogP contribution in [-0.4, -0.2) is 4.98 Å². The Morgan fingerprint density at radius 3 is 2.54 bits per heavy atom. The summed E-state index contributed by atoms with van der Waals surface area (Å²) >= 11 is 0. The molecule has 0 aliphatic rings. The molecule has 0 radical (unpaired) electrons. The van der Waals surface area contributed by atoms with Crippen LogP contribution in [0.15, 0.2) is 41.3 Å². The smallest absolute Gasteiger partial charge is 0.181 e. The molecule has 3 heteroatoms. The Hall–Kier alpha value is -1.61. The Kier molecular flexibility index (Phi) is 2.10. The Labute approximate surface area is 76.2 Å². The van der Waals surface area contributed by atoms with E-state index in [4.69, 9.17) is 4.42 Å². The largest absolute Gasteiger partial charge is 0.444 e. The van der Waals surface area contributed by atoms with Crippen LogP contribution in [0.5, 0.6) is 0 Å². The predicted molar refractivity (Wildman–Crippen MR) is 48.5 cm³/mol. The van der Waals surface area contributed by atoms with Crippen molar-refractivity contribution < 1.29 is 10.2 Å². The van der Waals surface area contributed by atoms with Crippen molar-refractivity contribution in [1.29, 1.82) is 0 Å². The van der Waals surface area contributed by atoms with Crippen molar-refractivity contribution in [2.75, 3.05) is 0 Å². The lowest BCUT2D eigenvalue weighted by atomic mass is 10.1. The van der Waals surface area contributed by atoms with Crippen molar-refractivity contribution in [3.8, 4) is 11.3 Å². The van der Waals surface area contributed by atoms with E-state index in [1.165, 1.54) is 12.0 Å². The summed E-state index contributed by atoms with van der Waals surface area (Å²) in [4.78, 5) is 3.86. The van der Waals surface area contributed by atoms with Gasteiger partial charge >= 0.3 is 0 Å². The van der Waals surface area contributed by atoms with Gasteiger partial charge in [0.25, 0.3) is 0 Å². The van der Waals surface area contributed by atoms with Crippen molar-refractivity contribution in [3.63, 3.8) is 0 Å². The van der Waals surface area contributed by atoms with Crippen LogP contribution in [0.4, 0.5) is 0 Å². The van der Waals surface area contributed by atoms with Crippen molar-refractivity contribution in [2.45, 2.75) is 6.54 Å². The maximum absolute atomic E-state index is 5.17. The standard InChI is InChI=1S/C10H10N2O/c11-5-8-1-3-9(4-2-8)10-6-12-7-13-10/h1-4,6-7H,5,11H2/p+1. The second-order valence-electron chi connectivity index (χ2n) is 2.81. The topological polar surface area (TPSA) is 53.7 Å². The highest BCUT2D eigenvalue weighted by molar-refractivity contribution is 5.56. The Bertz CT molecular complexity index is 364. The molecule has 13 heavy (non-hydrogen) atoms. The lowest BCUT2D eigenvalue weighted by Crippen LogP contribution is -2.47. The highest BCUT2D eigenvalue weighted by Crippen LogP contribution is 2.18. The molecule has 3 nitrogen and oxygen atoms in total. The summed E-state index contributed by atoms with van der Waals surface area (Å²) in [6, 6.07) is 8.12. The summed E-state index contributed by atoms with van der Waals surface area (Å²) in [5.41, 5.74) is 6.09. The molecule has 3 N–H and O–H groups in total. The van der Waals surface area contributed by atoms with E-state index in [1.54, 1.807) is 6.20 Å². The normalized spacial score (nSPS) is 10.2. The van der Waals surface area contributed by atoms with Crippen molar-refractivity contribution in [1.82, 2.24) is 4.98 Å². The summed E-state index contributed by atoms with van der Waals surface area (Å²) in [5.74, 6) is 0.801. The van der Waals surface area contributed by atoms with Gasteiger partial charge in [-0.15, -0.1) is 0 Å². The fraction of sp³-hybridized carbons (Fsp3) is 0.100. The summed E-state index contributed by atoms with van der Waals surface area (Å²) in [7, 11) is 0. The Morgan fingerprint density at radius 1 is 1.23 bits per heavy atom. The van der Waals surface area contributed by atoms with E-state index in [0.717, 1.165) is 17.9 Å². The maximum Gasteiger partial charge on any atom is 0.181 e. The molecule has 1 aromatic heterocycles. The minimum Gasteiger partial charge on any atom is -0.444 e. The Balaban J connectivity index is 2.33. The van der Waals surface area contributed by atoms with Gasteiger partial charge in [-0.1, -0.05) is 24.3 Å². The number of nitrogens with zero attached hydrogens (tertiary/aromatic N) is 1. The third-order valence-corrected chi connectivity index (χ3v) is 1.96. The van der Waals surface area contributed by atoms with E-state index >= 15 is 0 Å². The summed E-state index contributed by atoms with van der Waals surface area (Å²) in [6.45, 7) is 0.816. The molecule has 0 aliphatic carbocycles. The number of oxazole rings is 1. The zero-order chi connectivity index (χ0) is 9.10. The monoisotopic (exact) mass is 175 g/mol. The molecule has 0 atom stereocenters. The second kappa shape index (κ2) is 3.41. The third-order valence-electron chi connectivity index (χ3n) is 1.96.